The highest BCUT2D eigenvalue weighted by molar-refractivity contribution is 9.10. The van der Waals surface area contributed by atoms with Crippen molar-refractivity contribution in [2.45, 2.75) is 6.54 Å². The van der Waals surface area contributed by atoms with E-state index in [1.807, 2.05) is 24.3 Å². The molecule has 0 bridgehead atoms. The largest absolute Gasteiger partial charge is 0.379 e. The molecule has 0 radical (unpaired) electrons. The van der Waals surface area contributed by atoms with E-state index in [0.29, 0.717) is 0 Å². The molecule has 0 saturated heterocycles. The van der Waals surface area contributed by atoms with E-state index >= 15 is 0 Å². The summed E-state index contributed by atoms with van der Waals surface area (Å²) >= 11 is 11.2. The van der Waals surface area contributed by atoms with Crippen molar-refractivity contribution < 1.29 is 0 Å². The second-order valence-corrected chi connectivity index (χ2v) is 5.41. The summed E-state index contributed by atoms with van der Waals surface area (Å²) in [5.41, 5.74) is 0.966. The molecule has 0 unspecified atom stereocenters. The minimum Gasteiger partial charge on any atom is -0.379 e. The zero-order valence-electron chi connectivity index (χ0n) is 7.84. The van der Waals surface area contributed by atoms with Crippen LogP contribution in [0.3, 0.4) is 0 Å². The lowest BCUT2D eigenvalue weighted by Crippen LogP contribution is -1.97. The van der Waals surface area contributed by atoms with Gasteiger partial charge in [-0.15, -0.1) is 11.3 Å². The first kappa shape index (κ1) is 11.0. The number of hydrogen-bond acceptors (Lipinski definition) is 2. The molecule has 1 heterocycles. The van der Waals surface area contributed by atoms with Crippen LogP contribution in [0.1, 0.15) is 4.88 Å². The van der Waals surface area contributed by atoms with Crippen LogP contribution in [0.2, 0.25) is 5.02 Å². The molecule has 1 nitrogen and oxygen atoms in total. The lowest BCUT2D eigenvalue weighted by molar-refractivity contribution is 1.19. The molecule has 4 heteroatoms. The SMILES string of the molecule is Clc1cc(Br)ccc1NCc1cccs1. The molecule has 0 fully saturated rings. The lowest BCUT2D eigenvalue weighted by Gasteiger charge is -2.07. The minimum absolute atomic E-state index is 0.737. The Labute approximate surface area is 106 Å². The Morgan fingerprint density at radius 2 is 2.20 bits per heavy atom. The molecule has 0 spiro atoms. The molecule has 2 aromatic rings. The molecule has 1 aromatic carbocycles. The Balaban J connectivity index is 2.05. The van der Waals surface area contributed by atoms with E-state index in [1.54, 1.807) is 11.3 Å². The van der Waals surface area contributed by atoms with E-state index < -0.39 is 0 Å². The topological polar surface area (TPSA) is 12.0 Å². The van der Waals surface area contributed by atoms with Gasteiger partial charge in [-0.25, -0.2) is 0 Å². The highest BCUT2D eigenvalue weighted by atomic mass is 79.9. The van der Waals surface area contributed by atoms with Crippen molar-refractivity contribution in [1.29, 1.82) is 0 Å². The van der Waals surface area contributed by atoms with Crippen molar-refractivity contribution >= 4 is 44.6 Å². The van der Waals surface area contributed by atoms with Crippen LogP contribution in [-0.4, -0.2) is 0 Å². The summed E-state index contributed by atoms with van der Waals surface area (Å²) in [6.45, 7) is 0.818. The third-order valence-corrected chi connectivity index (χ3v) is 3.65. The smallest absolute Gasteiger partial charge is 0.0648 e. The van der Waals surface area contributed by atoms with Gasteiger partial charge in [0.1, 0.15) is 0 Å². The number of rotatable bonds is 3. The molecular formula is C11H9BrClNS. The fourth-order valence-electron chi connectivity index (χ4n) is 1.23. The van der Waals surface area contributed by atoms with Gasteiger partial charge in [0.05, 0.1) is 10.7 Å². The number of benzene rings is 1. The number of halogens is 2. The van der Waals surface area contributed by atoms with E-state index in [4.69, 9.17) is 11.6 Å². The quantitative estimate of drug-likeness (QED) is 0.860. The predicted octanol–water partition coefficient (Wildman–Crippen LogP) is 4.78. The fourth-order valence-corrected chi connectivity index (χ4v) is 2.61. The Hall–Kier alpha value is -0.510. The highest BCUT2D eigenvalue weighted by Gasteiger charge is 2.00. The van der Waals surface area contributed by atoms with Crippen molar-refractivity contribution in [3.05, 3.63) is 50.1 Å². The van der Waals surface area contributed by atoms with Crippen molar-refractivity contribution in [3.63, 3.8) is 0 Å². The van der Waals surface area contributed by atoms with Gasteiger partial charge in [0.25, 0.3) is 0 Å². The Morgan fingerprint density at radius 3 is 2.87 bits per heavy atom. The van der Waals surface area contributed by atoms with E-state index in [1.165, 1.54) is 4.88 Å². The second-order valence-electron chi connectivity index (χ2n) is 3.06. The van der Waals surface area contributed by atoms with Gasteiger partial charge in [-0.3, -0.25) is 0 Å². The third-order valence-electron chi connectivity index (χ3n) is 1.96. The Morgan fingerprint density at radius 1 is 1.33 bits per heavy atom. The van der Waals surface area contributed by atoms with E-state index in [0.717, 1.165) is 21.7 Å². The molecule has 0 aliphatic heterocycles. The molecule has 15 heavy (non-hydrogen) atoms. The first-order valence-electron chi connectivity index (χ1n) is 4.47. The molecule has 2 rings (SSSR count). The summed E-state index contributed by atoms with van der Waals surface area (Å²) in [5.74, 6) is 0. The second kappa shape index (κ2) is 5.01. The van der Waals surface area contributed by atoms with Crippen molar-refractivity contribution in [3.8, 4) is 0 Å². The average Bonchev–Trinajstić information content (AvgIpc) is 2.69. The van der Waals surface area contributed by atoms with Gasteiger partial charge in [-0.2, -0.15) is 0 Å². The van der Waals surface area contributed by atoms with Gasteiger partial charge in [0, 0.05) is 15.9 Å². The fraction of sp³-hybridized carbons (Fsp3) is 0.0909. The molecule has 0 saturated carbocycles. The van der Waals surface area contributed by atoms with Crippen molar-refractivity contribution in [2.75, 3.05) is 5.32 Å². The summed E-state index contributed by atoms with van der Waals surface area (Å²) in [5, 5.41) is 6.11. The van der Waals surface area contributed by atoms with Gasteiger partial charge in [0.15, 0.2) is 0 Å². The molecule has 0 atom stereocenters. The summed E-state index contributed by atoms with van der Waals surface area (Å²) in [4.78, 5) is 1.30. The van der Waals surface area contributed by atoms with Crippen LogP contribution < -0.4 is 5.32 Å². The molecule has 78 valence electrons. The monoisotopic (exact) mass is 301 g/mol. The molecule has 0 aliphatic carbocycles. The molecular weight excluding hydrogens is 294 g/mol. The highest BCUT2D eigenvalue weighted by Crippen LogP contribution is 2.26. The summed E-state index contributed by atoms with van der Waals surface area (Å²) < 4.78 is 0.995. The van der Waals surface area contributed by atoms with Gasteiger partial charge in [0.2, 0.25) is 0 Å². The van der Waals surface area contributed by atoms with Gasteiger partial charge < -0.3 is 5.32 Å². The predicted molar refractivity (Wildman–Crippen MR) is 70.8 cm³/mol. The zero-order chi connectivity index (χ0) is 10.7. The van der Waals surface area contributed by atoms with Crippen LogP contribution >= 0.6 is 38.9 Å². The van der Waals surface area contributed by atoms with Crippen LogP contribution in [-0.2, 0) is 6.54 Å². The standard InChI is InChI=1S/C11H9BrClNS/c12-8-3-4-11(10(13)6-8)14-7-9-2-1-5-15-9/h1-6,14H,7H2. The maximum Gasteiger partial charge on any atom is 0.0648 e. The zero-order valence-corrected chi connectivity index (χ0v) is 11.0. The van der Waals surface area contributed by atoms with Crippen LogP contribution in [0.15, 0.2) is 40.2 Å². The minimum atomic E-state index is 0.737. The number of thiophene rings is 1. The number of nitrogens with one attached hydrogen (secondary N) is 1. The molecule has 1 aromatic heterocycles. The molecule has 0 amide bonds. The van der Waals surface area contributed by atoms with Gasteiger partial charge in [-0.1, -0.05) is 33.6 Å². The number of anilines is 1. The first-order valence-corrected chi connectivity index (χ1v) is 6.52. The van der Waals surface area contributed by atoms with Crippen LogP contribution in [0, 0.1) is 0 Å². The van der Waals surface area contributed by atoms with Crippen LogP contribution in [0.4, 0.5) is 5.69 Å². The van der Waals surface area contributed by atoms with Crippen molar-refractivity contribution in [2.24, 2.45) is 0 Å². The average molecular weight is 303 g/mol. The van der Waals surface area contributed by atoms with Gasteiger partial charge in [-0.05, 0) is 29.6 Å². The van der Waals surface area contributed by atoms with E-state index in [-0.39, 0.29) is 0 Å². The lowest BCUT2D eigenvalue weighted by atomic mass is 10.3. The summed E-state index contributed by atoms with van der Waals surface area (Å²) in [6, 6.07) is 9.98. The van der Waals surface area contributed by atoms with Crippen molar-refractivity contribution in [1.82, 2.24) is 0 Å². The maximum absolute atomic E-state index is 6.08. The van der Waals surface area contributed by atoms with Gasteiger partial charge >= 0.3 is 0 Å². The maximum atomic E-state index is 6.08. The summed E-state index contributed by atoms with van der Waals surface area (Å²) in [6.07, 6.45) is 0. The Kier molecular flexibility index (Phi) is 3.67. The first-order chi connectivity index (χ1) is 7.25. The summed E-state index contributed by atoms with van der Waals surface area (Å²) in [7, 11) is 0. The molecule has 0 aliphatic rings. The van der Waals surface area contributed by atoms with Crippen LogP contribution in [0.5, 0.6) is 0 Å². The number of hydrogen-bond donors (Lipinski definition) is 1. The Bertz CT molecular complexity index is 442. The molecule has 1 N–H and O–H groups in total. The van der Waals surface area contributed by atoms with Crippen LogP contribution in [0.25, 0.3) is 0 Å². The van der Waals surface area contributed by atoms with E-state index in [2.05, 4.69) is 32.7 Å². The van der Waals surface area contributed by atoms with E-state index in [9.17, 15) is 0 Å². The normalized spacial score (nSPS) is 10.3. The third kappa shape index (κ3) is 2.97.